The molecule has 25 heavy (non-hydrogen) atoms. The lowest BCUT2D eigenvalue weighted by molar-refractivity contribution is 0.0927. The van der Waals surface area contributed by atoms with Gasteiger partial charge in [0.2, 0.25) is 0 Å². The Labute approximate surface area is 146 Å². The molecule has 2 aromatic heterocycles. The maximum atomic E-state index is 12.5. The first kappa shape index (κ1) is 15.6. The van der Waals surface area contributed by atoms with Gasteiger partial charge in [-0.05, 0) is 36.1 Å². The molecule has 3 heterocycles. The van der Waals surface area contributed by atoms with Crippen molar-refractivity contribution >= 4 is 5.91 Å². The molecule has 4 rings (SSSR count). The van der Waals surface area contributed by atoms with Crippen LogP contribution in [0.5, 0.6) is 0 Å². The topological polar surface area (TPSA) is 59.8 Å². The van der Waals surface area contributed by atoms with E-state index in [0.717, 1.165) is 29.8 Å². The third-order valence-corrected chi connectivity index (χ3v) is 5.05. The van der Waals surface area contributed by atoms with Crippen LogP contribution in [-0.4, -0.2) is 20.7 Å². The normalized spacial score (nSPS) is 18.9. The number of nitrogens with zero attached hydrogens (tertiary/aromatic N) is 3. The molecule has 126 valence electrons. The minimum absolute atomic E-state index is 0.0446. The highest BCUT2D eigenvalue weighted by Crippen LogP contribution is 2.38. The minimum Gasteiger partial charge on any atom is -0.342 e. The Morgan fingerprint density at radius 3 is 2.68 bits per heavy atom. The fourth-order valence-electron chi connectivity index (χ4n) is 3.64. The molecule has 1 unspecified atom stereocenters. The fraction of sp³-hybridized carbons (Fsp3) is 0.250. The predicted octanol–water partition coefficient (Wildman–Crippen LogP) is 3.07. The van der Waals surface area contributed by atoms with Crippen molar-refractivity contribution in [3.8, 4) is 11.4 Å². The van der Waals surface area contributed by atoms with Crippen LogP contribution in [0, 0.1) is 0 Å². The van der Waals surface area contributed by atoms with E-state index in [-0.39, 0.29) is 5.91 Å². The van der Waals surface area contributed by atoms with Gasteiger partial charge in [0.1, 0.15) is 0 Å². The van der Waals surface area contributed by atoms with Crippen LogP contribution in [0.1, 0.15) is 34.8 Å². The van der Waals surface area contributed by atoms with Gasteiger partial charge in [0.15, 0.2) is 0 Å². The molecule has 1 atom stereocenters. The summed E-state index contributed by atoms with van der Waals surface area (Å²) in [6.07, 6.45) is 5.02. The summed E-state index contributed by atoms with van der Waals surface area (Å²) in [5.74, 6) is -0.0446. The minimum atomic E-state index is -0.399. The van der Waals surface area contributed by atoms with E-state index in [9.17, 15) is 4.79 Å². The third-order valence-electron chi connectivity index (χ3n) is 5.05. The number of rotatable bonds is 4. The van der Waals surface area contributed by atoms with E-state index in [2.05, 4.69) is 34.5 Å². The summed E-state index contributed by atoms with van der Waals surface area (Å²) in [5, 5.41) is 7.44. The van der Waals surface area contributed by atoms with Crippen molar-refractivity contribution in [2.24, 2.45) is 7.05 Å². The van der Waals surface area contributed by atoms with Crippen LogP contribution in [0.2, 0.25) is 0 Å². The highest BCUT2D eigenvalue weighted by Gasteiger charge is 2.42. The highest BCUT2D eigenvalue weighted by molar-refractivity contribution is 6.00. The maximum Gasteiger partial charge on any atom is 0.253 e. The number of hydrogen-bond donors (Lipinski definition) is 1. The van der Waals surface area contributed by atoms with Crippen molar-refractivity contribution in [3.63, 3.8) is 0 Å². The average Bonchev–Trinajstić information content (AvgIpc) is 3.18. The number of pyridine rings is 1. The van der Waals surface area contributed by atoms with Crippen molar-refractivity contribution in [2.45, 2.75) is 25.3 Å². The molecular weight excluding hydrogens is 312 g/mol. The van der Waals surface area contributed by atoms with E-state index in [4.69, 9.17) is 0 Å². The standard InChI is InChI=1S/C20H20N4O/c1-3-20(12-14-7-5-4-6-8-14)16-11-17(18-9-10-22-24(18)2)21-13-15(16)19(25)23-20/h4-11,13H,3,12H2,1-2H3,(H,23,25). The summed E-state index contributed by atoms with van der Waals surface area (Å²) < 4.78 is 1.80. The zero-order chi connectivity index (χ0) is 17.4. The third kappa shape index (κ3) is 2.52. The van der Waals surface area contributed by atoms with Crippen molar-refractivity contribution in [2.75, 3.05) is 0 Å². The van der Waals surface area contributed by atoms with Gasteiger partial charge in [-0.1, -0.05) is 37.3 Å². The summed E-state index contributed by atoms with van der Waals surface area (Å²) in [4.78, 5) is 17.0. The molecule has 0 fully saturated rings. The Hall–Kier alpha value is -2.95. The lowest BCUT2D eigenvalue weighted by atomic mass is 9.82. The summed E-state index contributed by atoms with van der Waals surface area (Å²) in [6.45, 7) is 2.11. The van der Waals surface area contributed by atoms with Gasteiger partial charge in [0, 0.05) is 19.4 Å². The van der Waals surface area contributed by atoms with Crippen molar-refractivity contribution in [3.05, 3.63) is 71.5 Å². The molecule has 0 aliphatic carbocycles. The van der Waals surface area contributed by atoms with Crippen LogP contribution in [0.4, 0.5) is 0 Å². The van der Waals surface area contributed by atoms with Gasteiger partial charge >= 0.3 is 0 Å². The van der Waals surface area contributed by atoms with Gasteiger partial charge in [-0.25, -0.2) is 0 Å². The molecule has 0 bridgehead atoms. The van der Waals surface area contributed by atoms with Crippen molar-refractivity contribution in [1.82, 2.24) is 20.1 Å². The van der Waals surface area contributed by atoms with Crippen LogP contribution < -0.4 is 5.32 Å². The number of carbonyl (C=O) groups excluding carboxylic acids is 1. The molecule has 1 amide bonds. The zero-order valence-electron chi connectivity index (χ0n) is 14.4. The van der Waals surface area contributed by atoms with E-state index in [0.29, 0.717) is 5.56 Å². The number of amides is 1. The molecule has 0 spiro atoms. The molecule has 0 saturated carbocycles. The number of aromatic nitrogens is 3. The number of nitrogens with one attached hydrogen (secondary N) is 1. The van der Waals surface area contributed by atoms with Crippen LogP contribution in [-0.2, 0) is 19.0 Å². The number of hydrogen-bond acceptors (Lipinski definition) is 3. The Morgan fingerprint density at radius 2 is 2.00 bits per heavy atom. The summed E-state index contributed by atoms with van der Waals surface area (Å²) in [6, 6.07) is 14.2. The number of fused-ring (bicyclic) bond motifs is 1. The van der Waals surface area contributed by atoms with Crippen LogP contribution in [0.25, 0.3) is 11.4 Å². The first-order valence-electron chi connectivity index (χ1n) is 8.48. The van der Waals surface area contributed by atoms with Crippen molar-refractivity contribution in [1.29, 1.82) is 0 Å². The first-order chi connectivity index (χ1) is 12.1. The Bertz CT molecular complexity index is 932. The number of benzene rings is 1. The second-order valence-corrected chi connectivity index (χ2v) is 6.51. The number of aryl methyl sites for hydroxylation is 1. The lowest BCUT2D eigenvalue weighted by Gasteiger charge is -2.29. The fourth-order valence-corrected chi connectivity index (χ4v) is 3.64. The molecule has 0 radical (unpaired) electrons. The van der Waals surface area contributed by atoms with Crippen LogP contribution in [0.15, 0.2) is 54.9 Å². The Kier molecular flexibility index (Phi) is 3.64. The molecule has 1 aliphatic rings. The largest absolute Gasteiger partial charge is 0.342 e. The maximum absolute atomic E-state index is 12.5. The summed E-state index contributed by atoms with van der Waals surface area (Å²) in [5.41, 5.74) is 4.27. The molecule has 1 aliphatic heterocycles. The molecule has 5 heteroatoms. The first-order valence-corrected chi connectivity index (χ1v) is 8.48. The van der Waals surface area contributed by atoms with Crippen LogP contribution in [0.3, 0.4) is 0 Å². The van der Waals surface area contributed by atoms with Gasteiger partial charge in [-0.15, -0.1) is 0 Å². The van der Waals surface area contributed by atoms with Gasteiger partial charge in [0.25, 0.3) is 5.91 Å². The quantitative estimate of drug-likeness (QED) is 0.799. The number of carbonyl (C=O) groups is 1. The molecule has 0 saturated heterocycles. The highest BCUT2D eigenvalue weighted by atomic mass is 16.2. The van der Waals surface area contributed by atoms with E-state index in [1.54, 1.807) is 17.1 Å². The van der Waals surface area contributed by atoms with Gasteiger partial charge in [-0.3, -0.25) is 14.5 Å². The predicted molar refractivity (Wildman–Crippen MR) is 96.0 cm³/mol. The van der Waals surface area contributed by atoms with E-state index < -0.39 is 5.54 Å². The Balaban J connectivity index is 1.82. The SMILES string of the molecule is CCC1(Cc2ccccc2)NC(=O)c2cnc(-c3ccnn3C)cc21. The van der Waals surface area contributed by atoms with E-state index >= 15 is 0 Å². The Morgan fingerprint density at radius 1 is 1.20 bits per heavy atom. The molecule has 5 nitrogen and oxygen atoms in total. The molecule has 3 aromatic rings. The second kappa shape index (κ2) is 5.84. The lowest BCUT2D eigenvalue weighted by Crippen LogP contribution is -2.40. The average molecular weight is 332 g/mol. The van der Waals surface area contributed by atoms with Gasteiger partial charge < -0.3 is 5.32 Å². The molecule has 1 aromatic carbocycles. The summed E-state index contributed by atoms with van der Waals surface area (Å²) >= 11 is 0. The van der Waals surface area contributed by atoms with Gasteiger partial charge in [0.05, 0.1) is 22.5 Å². The second-order valence-electron chi connectivity index (χ2n) is 6.51. The smallest absolute Gasteiger partial charge is 0.253 e. The summed E-state index contributed by atoms with van der Waals surface area (Å²) in [7, 11) is 1.89. The monoisotopic (exact) mass is 332 g/mol. The van der Waals surface area contributed by atoms with E-state index in [1.165, 1.54) is 5.56 Å². The van der Waals surface area contributed by atoms with E-state index in [1.807, 2.05) is 37.4 Å². The molecular formula is C20H20N4O. The van der Waals surface area contributed by atoms with Gasteiger partial charge in [-0.2, -0.15) is 5.10 Å². The molecule has 1 N–H and O–H groups in total. The van der Waals surface area contributed by atoms with Crippen molar-refractivity contribution < 1.29 is 4.79 Å². The van der Waals surface area contributed by atoms with Crippen LogP contribution >= 0.6 is 0 Å². The zero-order valence-corrected chi connectivity index (χ0v) is 14.4.